The van der Waals surface area contributed by atoms with E-state index < -0.39 is 0 Å². The van der Waals surface area contributed by atoms with Crippen molar-refractivity contribution >= 4 is 0 Å². The van der Waals surface area contributed by atoms with Gasteiger partial charge in [0, 0.05) is 18.3 Å². The molecule has 1 aromatic heterocycles. The van der Waals surface area contributed by atoms with Gasteiger partial charge in [0.1, 0.15) is 17.4 Å². The van der Waals surface area contributed by atoms with E-state index in [-0.39, 0.29) is 16.9 Å². The van der Waals surface area contributed by atoms with Crippen molar-refractivity contribution < 1.29 is 5.11 Å². The van der Waals surface area contributed by atoms with Crippen LogP contribution in [0.4, 0.5) is 0 Å². The van der Waals surface area contributed by atoms with Gasteiger partial charge in [-0.15, -0.1) is 0 Å². The number of fused-ring (bicyclic) bond motifs is 1. The third-order valence-electron chi connectivity index (χ3n) is 2.55. The predicted octanol–water partition coefficient (Wildman–Crippen LogP) is 0.762. The highest BCUT2D eigenvalue weighted by Crippen LogP contribution is 2.22. The molecule has 1 aliphatic rings. The van der Waals surface area contributed by atoms with E-state index in [4.69, 9.17) is 5.26 Å². The minimum atomic E-state index is -0.212. The van der Waals surface area contributed by atoms with Crippen LogP contribution in [-0.2, 0) is 13.0 Å². The minimum Gasteiger partial charge on any atom is -0.506 e. The Morgan fingerprint density at radius 3 is 3.00 bits per heavy atom. The first-order valence-electron chi connectivity index (χ1n) is 4.60. The standard InChI is InChI=1S/C10H10N2O2/c11-6-7-8-3-1-2-4-12(8)10(14)5-9(7)13/h5,13H,1-4H2. The van der Waals surface area contributed by atoms with Gasteiger partial charge in [-0.1, -0.05) is 0 Å². The summed E-state index contributed by atoms with van der Waals surface area (Å²) in [6.07, 6.45) is 2.63. The molecule has 4 nitrogen and oxygen atoms in total. The van der Waals surface area contributed by atoms with Gasteiger partial charge in [0.15, 0.2) is 0 Å². The third kappa shape index (κ3) is 1.18. The van der Waals surface area contributed by atoms with Gasteiger partial charge >= 0.3 is 0 Å². The van der Waals surface area contributed by atoms with E-state index in [1.165, 1.54) is 0 Å². The van der Waals surface area contributed by atoms with Crippen LogP contribution in [-0.4, -0.2) is 9.67 Å². The zero-order valence-electron chi connectivity index (χ0n) is 7.66. The molecule has 1 N–H and O–H groups in total. The molecule has 14 heavy (non-hydrogen) atoms. The van der Waals surface area contributed by atoms with E-state index in [1.54, 1.807) is 4.57 Å². The lowest BCUT2D eigenvalue weighted by molar-refractivity contribution is 0.454. The van der Waals surface area contributed by atoms with Crippen molar-refractivity contribution in [1.29, 1.82) is 5.26 Å². The first-order valence-corrected chi connectivity index (χ1v) is 4.60. The molecule has 2 rings (SSSR count). The fourth-order valence-electron chi connectivity index (χ4n) is 1.87. The summed E-state index contributed by atoms with van der Waals surface area (Å²) in [5.74, 6) is -0.189. The summed E-state index contributed by atoms with van der Waals surface area (Å²) in [4.78, 5) is 11.4. The van der Waals surface area contributed by atoms with E-state index in [0.717, 1.165) is 18.9 Å². The summed E-state index contributed by atoms with van der Waals surface area (Å²) in [7, 11) is 0. The monoisotopic (exact) mass is 190 g/mol. The van der Waals surface area contributed by atoms with Gasteiger partial charge in [0.2, 0.25) is 0 Å². The van der Waals surface area contributed by atoms with Crippen molar-refractivity contribution in [3.05, 3.63) is 27.7 Å². The molecule has 0 unspecified atom stereocenters. The van der Waals surface area contributed by atoms with Gasteiger partial charge in [-0.3, -0.25) is 4.79 Å². The molecule has 0 bridgehead atoms. The lowest BCUT2D eigenvalue weighted by Crippen LogP contribution is -2.27. The number of pyridine rings is 1. The van der Waals surface area contributed by atoms with Crippen molar-refractivity contribution in [2.75, 3.05) is 0 Å². The van der Waals surface area contributed by atoms with Crippen molar-refractivity contribution in [2.24, 2.45) is 0 Å². The highest BCUT2D eigenvalue weighted by atomic mass is 16.3. The Labute approximate surface area is 81.0 Å². The van der Waals surface area contributed by atoms with Crippen LogP contribution in [0, 0.1) is 11.3 Å². The Kier molecular flexibility index (Phi) is 2.01. The molecule has 0 amide bonds. The number of nitriles is 1. The Morgan fingerprint density at radius 2 is 2.29 bits per heavy atom. The lowest BCUT2D eigenvalue weighted by Gasteiger charge is -2.19. The average molecular weight is 190 g/mol. The molecule has 0 fully saturated rings. The van der Waals surface area contributed by atoms with Gasteiger partial charge in [0.25, 0.3) is 5.56 Å². The lowest BCUT2D eigenvalue weighted by atomic mass is 10.0. The van der Waals surface area contributed by atoms with E-state index >= 15 is 0 Å². The van der Waals surface area contributed by atoms with Gasteiger partial charge in [-0.25, -0.2) is 0 Å². The van der Waals surface area contributed by atoms with E-state index in [0.29, 0.717) is 18.7 Å². The van der Waals surface area contributed by atoms with Gasteiger partial charge < -0.3 is 9.67 Å². The Hall–Kier alpha value is -1.76. The highest BCUT2D eigenvalue weighted by Gasteiger charge is 2.17. The summed E-state index contributed by atoms with van der Waals surface area (Å²) in [6.45, 7) is 0.656. The highest BCUT2D eigenvalue weighted by molar-refractivity contribution is 5.45. The molecule has 2 heterocycles. The van der Waals surface area contributed by atoms with Crippen molar-refractivity contribution in [3.8, 4) is 11.8 Å². The fourth-order valence-corrected chi connectivity index (χ4v) is 1.87. The second kappa shape index (κ2) is 3.18. The fraction of sp³-hybridized carbons (Fsp3) is 0.400. The van der Waals surface area contributed by atoms with Crippen molar-refractivity contribution in [1.82, 2.24) is 4.57 Å². The van der Waals surface area contributed by atoms with Gasteiger partial charge in [-0.2, -0.15) is 5.26 Å². The Balaban J connectivity index is 2.75. The SMILES string of the molecule is N#Cc1c(O)cc(=O)n2c1CCCC2. The maximum Gasteiger partial charge on any atom is 0.254 e. The van der Waals surface area contributed by atoms with E-state index in [9.17, 15) is 9.90 Å². The molecular formula is C10H10N2O2. The smallest absolute Gasteiger partial charge is 0.254 e. The first-order chi connectivity index (χ1) is 6.74. The summed E-state index contributed by atoms with van der Waals surface area (Å²) < 4.78 is 1.59. The average Bonchev–Trinajstić information content (AvgIpc) is 2.18. The van der Waals surface area contributed by atoms with Crippen LogP contribution in [0.3, 0.4) is 0 Å². The number of hydrogen-bond donors (Lipinski definition) is 1. The van der Waals surface area contributed by atoms with Crippen molar-refractivity contribution in [3.63, 3.8) is 0 Å². The zero-order chi connectivity index (χ0) is 10.1. The molecule has 0 aromatic carbocycles. The number of hydrogen-bond acceptors (Lipinski definition) is 3. The van der Waals surface area contributed by atoms with Crippen LogP contribution >= 0.6 is 0 Å². The van der Waals surface area contributed by atoms with Crippen LogP contribution < -0.4 is 5.56 Å². The summed E-state index contributed by atoms with van der Waals surface area (Å²) in [6, 6.07) is 3.06. The molecule has 0 atom stereocenters. The van der Waals surface area contributed by atoms with Crippen molar-refractivity contribution in [2.45, 2.75) is 25.8 Å². The topological polar surface area (TPSA) is 66.0 Å². The second-order valence-corrected chi connectivity index (χ2v) is 3.41. The van der Waals surface area contributed by atoms with Crippen LogP contribution in [0.15, 0.2) is 10.9 Å². The van der Waals surface area contributed by atoms with Crippen LogP contribution in [0.25, 0.3) is 0 Å². The third-order valence-corrected chi connectivity index (χ3v) is 2.55. The second-order valence-electron chi connectivity index (χ2n) is 3.41. The summed E-state index contributed by atoms with van der Waals surface area (Å²) in [5, 5.41) is 18.3. The number of rotatable bonds is 0. The maximum absolute atomic E-state index is 11.4. The number of aromatic nitrogens is 1. The molecule has 0 saturated heterocycles. The quantitative estimate of drug-likeness (QED) is 0.656. The minimum absolute atomic E-state index is 0.189. The normalized spacial score (nSPS) is 14.5. The molecule has 1 aromatic rings. The zero-order valence-corrected chi connectivity index (χ0v) is 7.66. The Morgan fingerprint density at radius 1 is 1.50 bits per heavy atom. The van der Waals surface area contributed by atoms with E-state index in [2.05, 4.69) is 0 Å². The Bertz CT molecular complexity index is 468. The molecular weight excluding hydrogens is 180 g/mol. The first kappa shape index (κ1) is 8.82. The largest absolute Gasteiger partial charge is 0.506 e. The number of aromatic hydroxyl groups is 1. The maximum atomic E-state index is 11.4. The molecule has 0 radical (unpaired) electrons. The van der Waals surface area contributed by atoms with Crippen LogP contribution in [0.2, 0.25) is 0 Å². The molecule has 1 aliphatic heterocycles. The molecule has 0 spiro atoms. The number of nitrogens with zero attached hydrogens (tertiary/aromatic N) is 2. The summed E-state index contributed by atoms with van der Waals surface area (Å²) >= 11 is 0. The van der Waals surface area contributed by atoms with Gasteiger partial charge in [-0.05, 0) is 19.3 Å². The predicted molar refractivity (Wildman–Crippen MR) is 50.0 cm³/mol. The molecule has 72 valence electrons. The van der Waals surface area contributed by atoms with Gasteiger partial charge in [0.05, 0.1) is 0 Å². The van der Waals surface area contributed by atoms with Crippen LogP contribution in [0.5, 0.6) is 5.75 Å². The molecule has 0 saturated carbocycles. The summed E-state index contributed by atoms with van der Waals surface area (Å²) in [5.41, 5.74) is 0.726. The van der Waals surface area contributed by atoms with Crippen LogP contribution in [0.1, 0.15) is 24.1 Å². The molecule has 4 heteroatoms. The molecule has 0 aliphatic carbocycles. The van der Waals surface area contributed by atoms with E-state index in [1.807, 2.05) is 6.07 Å².